The number of carbonyl (C=O) groups excluding carboxylic acids is 4. The van der Waals surface area contributed by atoms with Gasteiger partial charge in [-0.1, -0.05) is 30.3 Å². The van der Waals surface area contributed by atoms with Crippen LogP contribution in [-0.2, 0) is 25.7 Å². The maximum Gasteiger partial charge on any atom is 0.408 e. The van der Waals surface area contributed by atoms with Crippen LogP contribution < -0.4 is 21.7 Å². The van der Waals surface area contributed by atoms with Gasteiger partial charge in [0.05, 0.1) is 6.54 Å². The Morgan fingerprint density at radius 3 is 2.29 bits per heavy atom. The standard InChI is InChI=1S/C21H32N4O6/c1-21(2,3)31-20(29)25-16(18(27)24-13-17(22)26)11-7-8-12-23-19(28)30-14-15-9-5-4-6-10-15/h4-6,9-10,16H,7-8,11-14H2,1-3H3,(H2,22,26)(H,23,28)(H,24,27)(H,25,29)/t16-/m1/s1. The third kappa shape index (κ3) is 12.8. The van der Waals surface area contributed by atoms with Crippen molar-refractivity contribution in [2.75, 3.05) is 13.1 Å². The highest BCUT2D eigenvalue weighted by Gasteiger charge is 2.24. The monoisotopic (exact) mass is 436 g/mol. The smallest absolute Gasteiger partial charge is 0.408 e. The zero-order valence-corrected chi connectivity index (χ0v) is 18.2. The molecule has 0 radical (unpaired) electrons. The number of benzene rings is 1. The summed E-state index contributed by atoms with van der Waals surface area (Å²) in [7, 11) is 0. The fourth-order valence-corrected chi connectivity index (χ4v) is 2.45. The molecule has 172 valence electrons. The lowest BCUT2D eigenvalue weighted by Crippen LogP contribution is -2.49. The molecule has 0 fully saturated rings. The van der Waals surface area contributed by atoms with Crippen molar-refractivity contribution in [3.63, 3.8) is 0 Å². The maximum atomic E-state index is 12.3. The highest BCUT2D eigenvalue weighted by Crippen LogP contribution is 2.08. The molecule has 0 bridgehead atoms. The minimum atomic E-state index is -0.903. The predicted octanol–water partition coefficient (Wildman–Crippen LogP) is 1.58. The van der Waals surface area contributed by atoms with E-state index in [0.29, 0.717) is 19.4 Å². The summed E-state index contributed by atoms with van der Waals surface area (Å²) in [4.78, 5) is 46.9. The lowest BCUT2D eigenvalue weighted by molar-refractivity contribution is -0.126. The quantitative estimate of drug-likeness (QED) is 0.387. The van der Waals surface area contributed by atoms with Crippen LogP contribution in [0.5, 0.6) is 0 Å². The van der Waals surface area contributed by atoms with Crippen LogP contribution in [0, 0.1) is 0 Å². The van der Waals surface area contributed by atoms with Gasteiger partial charge >= 0.3 is 12.2 Å². The van der Waals surface area contributed by atoms with Gasteiger partial charge in [-0.05, 0) is 45.6 Å². The summed E-state index contributed by atoms with van der Waals surface area (Å²) in [5.74, 6) is -1.23. The summed E-state index contributed by atoms with van der Waals surface area (Å²) in [6.45, 7) is 5.30. The molecule has 1 rings (SSSR count). The molecule has 0 unspecified atom stereocenters. The van der Waals surface area contributed by atoms with E-state index in [2.05, 4.69) is 16.0 Å². The second kappa shape index (κ2) is 13.1. The van der Waals surface area contributed by atoms with Crippen molar-refractivity contribution in [2.45, 2.75) is 58.3 Å². The number of rotatable bonds is 11. The molecule has 0 aliphatic carbocycles. The Kier molecular flexibility index (Phi) is 10.9. The number of amides is 4. The maximum absolute atomic E-state index is 12.3. The van der Waals surface area contributed by atoms with Gasteiger partial charge in [0, 0.05) is 6.54 Å². The van der Waals surface area contributed by atoms with E-state index in [1.807, 2.05) is 30.3 Å². The normalized spacial score (nSPS) is 11.7. The lowest BCUT2D eigenvalue weighted by atomic mass is 10.1. The Labute approximate surface area is 182 Å². The molecule has 10 nitrogen and oxygen atoms in total. The van der Waals surface area contributed by atoms with Crippen LogP contribution in [0.1, 0.15) is 45.6 Å². The Morgan fingerprint density at radius 1 is 1.00 bits per heavy atom. The summed E-state index contributed by atoms with van der Waals surface area (Å²) >= 11 is 0. The van der Waals surface area contributed by atoms with E-state index >= 15 is 0 Å². The molecule has 4 amide bonds. The molecule has 0 saturated heterocycles. The molecule has 10 heteroatoms. The average molecular weight is 437 g/mol. The Balaban J connectivity index is 2.39. The van der Waals surface area contributed by atoms with Crippen LogP contribution in [-0.4, -0.2) is 48.7 Å². The number of hydrogen-bond acceptors (Lipinski definition) is 6. The molecule has 0 spiro atoms. The fraction of sp³-hybridized carbons (Fsp3) is 0.524. The molecule has 0 aromatic heterocycles. The number of nitrogens with one attached hydrogen (secondary N) is 3. The zero-order chi connectivity index (χ0) is 23.3. The van der Waals surface area contributed by atoms with Crippen LogP contribution in [0.2, 0.25) is 0 Å². The van der Waals surface area contributed by atoms with Gasteiger partial charge in [-0.2, -0.15) is 0 Å². The van der Waals surface area contributed by atoms with Crippen LogP contribution in [0.4, 0.5) is 9.59 Å². The van der Waals surface area contributed by atoms with E-state index in [9.17, 15) is 19.2 Å². The van der Waals surface area contributed by atoms with Gasteiger partial charge in [0.1, 0.15) is 18.2 Å². The summed E-state index contributed by atoms with van der Waals surface area (Å²) in [5.41, 5.74) is 5.20. The molecule has 0 aliphatic rings. The van der Waals surface area contributed by atoms with Crippen molar-refractivity contribution in [3.05, 3.63) is 35.9 Å². The SMILES string of the molecule is CC(C)(C)OC(=O)N[C@H](CCCCNC(=O)OCc1ccccc1)C(=O)NCC(N)=O. The molecule has 5 N–H and O–H groups in total. The second-order valence-corrected chi connectivity index (χ2v) is 7.87. The van der Waals surface area contributed by atoms with Gasteiger partial charge in [-0.25, -0.2) is 9.59 Å². The molecular weight excluding hydrogens is 404 g/mol. The van der Waals surface area contributed by atoms with Crippen molar-refractivity contribution in [1.29, 1.82) is 0 Å². The molecule has 31 heavy (non-hydrogen) atoms. The van der Waals surface area contributed by atoms with Gasteiger partial charge in [-0.15, -0.1) is 0 Å². The van der Waals surface area contributed by atoms with Gasteiger partial charge in [-0.3, -0.25) is 9.59 Å². The predicted molar refractivity (Wildman–Crippen MR) is 114 cm³/mol. The van der Waals surface area contributed by atoms with Crippen molar-refractivity contribution in [3.8, 4) is 0 Å². The van der Waals surface area contributed by atoms with Crippen molar-refractivity contribution in [1.82, 2.24) is 16.0 Å². The Hall–Kier alpha value is -3.30. The molecular formula is C21H32N4O6. The fourth-order valence-electron chi connectivity index (χ4n) is 2.45. The molecule has 0 saturated carbocycles. The van der Waals surface area contributed by atoms with E-state index in [1.54, 1.807) is 20.8 Å². The first-order valence-electron chi connectivity index (χ1n) is 10.1. The van der Waals surface area contributed by atoms with Crippen molar-refractivity contribution >= 4 is 24.0 Å². The number of nitrogens with two attached hydrogens (primary N) is 1. The Bertz CT molecular complexity index is 733. The van der Waals surface area contributed by atoms with E-state index < -0.39 is 35.6 Å². The largest absolute Gasteiger partial charge is 0.445 e. The number of ether oxygens (including phenoxy) is 2. The molecule has 1 aromatic carbocycles. The topological polar surface area (TPSA) is 149 Å². The van der Waals surface area contributed by atoms with E-state index in [4.69, 9.17) is 15.2 Å². The number of primary amides is 1. The number of hydrogen-bond donors (Lipinski definition) is 4. The molecule has 0 aliphatic heterocycles. The second-order valence-electron chi connectivity index (χ2n) is 7.87. The minimum Gasteiger partial charge on any atom is -0.445 e. The lowest BCUT2D eigenvalue weighted by Gasteiger charge is -2.23. The first kappa shape index (κ1) is 25.7. The van der Waals surface area contributed by atoms with Gasteiger partial charge < -0.3 is 31.2 Å². The van der Waals surface area contributed by atoms with Crippen LogP contribution in [0.15, 0.2) is 30.3 Å². The molecule has 1 atom stereocenters. The van der Waals surface area contributed by atoms with E-state index in [-0.39, 0.29) is 19.6 Å². The van der Waals surface area contributed by atoms with E-state index in [0.717, 1.165) is 5.56 Å². The third-order valence-electron chi connectivity index (χ3n) is 3.85. The first-order chi connectivity index (χ1) is 14.6. The molecule has 1 aromatic rings. The molecule has 0 heterocycles. The Morgan fingerprint density at radius 2 is 1.68 bits per heavy atom. The van der Waals surface area contributed by atoms with Crippen molar-refractivity contribution < 1.29 is 28.7 Å². The van der Waals surface area contributed by atoms with Crippen LogP contribution >= 0.6 is 0 Å². The average Bonchev–Trinajstić information content (AvgIpc) is 2.68. The number of carbonyl (C=O) groups is 4. The minimum absolute atomic E-state index is 0.175. The summed E-state index contributed by atoms with van der Waals surface area (Å²) in [6.07, 6.45) is 0.0742. The summed E-state index contributed by atoms with van der Waals surface area (Å²) in [6, 6.07) is 8.40. The van der Waals surface area contributed by atoms with Gasteiger partial charge in [0.15, 0.2) is 0 Å². The van der Waals surface area contributed by atoms with Crippen LogP contribution in [0.3, 0.4) is 0 Å². The van der Waals surface area contributed by atoms with Gasteiger partial charge in [0.2, 0.25) is 11.8 Å². The number of unbranched alkanes of at least 4 members (excludes halogenated alkanes) is 1. The summed E-state index contributed by atoms with van der Waals surface area (Å²) < 4.78 is 10.3. The highest BCUT2D eigenvalue weighted by atomic mass is 16.6. The highest BCUT2D eigenvalue weighted by molar-refractivity contribution is 5.89. The van der Waals surface area contributed by atoms with Crippen molar-refractivity contribution in [2.24, 2.45) is 5.73 Å². The number of alkyl carbamates (subject to hydrolysis) is 2. The van der Waals surface area contributed by atoms with E-state index in [1.165, 1.54) is 0 Å². The summed E-state index contributed by atoms with van der Waals surface area (Å²) in [5, 5.41) is 7.50. The first-order valence-corrected chi connectivity index (χ1v) is 10.1. The zero-order valence-electron chi connectivity index (χ0n) is 18.2. The third-order valence-corrected chi connectivity index (χ3v) is 3.85. The van der Waals surface area contributed by atoms with Crippen LogP contribution in [0.25, 0.3) is 0 Å². The van der Waals surface area contributed by atoms with Gasteiger partial charge in [0.25, 0.3) is 0 Å².